The molecule has 0 spiro atoms. The minimum atomic E-state index is 0.108. The van der Waals surface area contributed by atoms with Crippen molar-refractivity contribution in [1.82, 2.24) is 9.80 Å². The highest BCUT2D eigenvalue weighted by Gasteiger charge is 2.23. The molecule has 0 aliphatic heterocycles. The van der Waals surface area contributed by atoms with Gasteiger partial charge in [-0.1, -0.05) is 113 Å². The summed E-state index contributed by atoms with van der Waals surface area (Å²) in [6.07, 6.45) is 1.03. The third-order valence-electron chi connectivity index (χ3n) is 8.85. The second kappa shape index (κ2) is 14.5. The molecule has 1 atom stereocenters. The molecule has 0 aliphatic rings. The van der Waals surface area contributed by atoms with E-state index in [-0.39, 0.29) is 5.92 Å². The maximum atomic E-state index is 6.18. The molecule has 3 heteroatoms. The fourth-order valence-electron chi connectivity index (χ4n) is 6.30. The third kappa shape index (κ3) is 6.69. The Labute approximate surface area is 252 Å². The zero-order chi connectivity index (χ0) is 29.3. The van der Waals surface area contributed by atoms with Gasteiger partial charge in [0.25, 0.3) is 0 Å². The minimum absolute atomic E-state index is 0.108. The van der Waals surface area contributed by atoms with Crippen molar-refractivity contribution >= 4 is 21.5 Å². The van der Waals surface area contributed by atoms with E-state index in [0.29, 0.717) is 6.61 Å². The van der Waals surface area contributed by atoms with Gasteiger partial charge in [-0.15, -0.1) is 0 Å². The van der Waals surface area contributed by atoms with Gasteiger partial charge in [-0.3, -0.25) is 0 Å². The first-order chi connectivity index (χ1) is 20.7. The van der Waals surface area contributed by atoms with Crippen molar-refractivity contribution in [2.24, 2.45) is 0 Å². The van der Waals surface area contributed by atoms with Crippen LogP contribution in [0.3, 0.4) is 0 Å². The van der Waals surface area contributed by atoms with E-state index in [1.807, 2.05) is 0 Å². The average molecular weight is 559 g/mol. The molecule has 5 rings (SSSR count). The van der Waals surface area contributed by atoms with Gasteiger partial charge < -0.3 is 14.5 Å². The highest BCUT2D eigenvalue weighted by molar-refractivity contribution is 6.09. The molecule has 0 saturated carbocycles. The van der Waals surface area contributed by atoms with Crippen LogP contribution in [-0.4, -0.2) is 55.7 Å². The second-order valence-corrected chi connectivity index (χ2v) is 11.1. The van der Waals surface area contributed by atoms with E-state index in [9.17, 15) is 0 Å². The second-order valence-electron chi connectivity index (χ2n) is 11.1. The van der Waals surface area contributed by atoms with Gasteiger partial charge in [-0.2, -0.15) is 0 Å². The number of hydrogen-bond acceptors (Lipinski definition) is 3. The van der Waals surface area contributed by atoms with Crippen LogP contribution in [0.25, 0.3) is 21.5 Å². The predicted octanol–water partition coefficient (Wildman–Crippen LogP) is 8.78. The highest BCUT2D eigenvalue weighted by atomic mass is 16.5. The molecule has 42 heavy (non-hydrogen) atoms. The van der Waals surface area contributed by atoms with Crippen LogP contribution in [0, 0.1) is 0 Å². The van der Waals surface area contributed by atoms with Gasteiger partial charge in [0.05, 0.1) is 0 Å². The van der Waals surface area contributed by atoms with Gasteiger partial charge in [-0.25, -0.2) is 0 Å². The lowest BCUT2D eigenvalue weighted by molar-refractivity contribution is 0.223. The molecule has 1 unspecified atom stereocenters. The highest BCUT2D eigenvalue weighted by Crippen LogP contribution is 2.41. The Bertz CT molecular complexity index is 1570. The maximum absolute atomic E-state index is 6.18. The van der Waals surface area contributed by atoms with Crippen LogP contribution in [0.1, 0.15) is 55.9 Å². The van der Waals surface area contributed by atoms with Crippen molar-refractivity contribution < 1.29 is 4.74 Å². The number of fused-ring (bicyclic) bond motifs is 3. The van der Waals surface area contributed by atoms with E-state index in [4.69, 9.17) is 4.74 Å². The van der Waals surface area contributed by atoms with E-state index in [0.717, 1.165) is 51.4 Å². The molecule has 3 nitrogen and oxygen atoms in total. The molecule has 0 radical (unpaired) electrons. The summed E-state index contributed by atoms with van der Waals surface area (Å²) in [5.41, 5.74) is 5.46. The Morgan fingerprint density at radius 1 is 0.571 bits per heavy atom. The third-order valence-corrected chi connectivity index (χ3v) is 8.85. The normalized spacial score (nSPS) is 12.4. The fourth-order valence-corrected chi connectivity index (χ4v) is 6.30. The Hall–Kier alpha value is -3.66. The Morgan fingerprint density at radius 3 is 1.88 bits per heavy atom. The van der Waals surface area contributed by atoms with Crippen molar-refractivity contribution in [2.45, 2.75) is 40.0 Å². The smallest absolute Gasteiger partial charge is 0.119 e. The van der Waals surface area contributed by atoms with Gasteiger partial charge >= 0.3 is 0 Å². The molecule has 0 fully saturated rings. The minimum Gasteiger partial charge on any atom is -0.492 e. The number of rotatable bonds is 14. The molecule has 5 aromatic rings. The summed E-state index contributed by atoms with van der Waals surface area (Å²) in [5.74, 6) is 1.04. The Balaban J connectivity index is 1.60. The topological polar surface area (TPSA) is 15.7 Å². The van der Waals surface area contributed by atoms with E-state index < -0.39 is 0 Å². The van der Waals surface area contributed by atoms with Crippen LogP contribution in [0.15, 0.2) is 103 Å². The van der Waals surface area contributed by atoms with Gasteiger partial charge in [0.1, 0.15) is 12.4 Å². The van der Waals surface area contributed by atoms with Gasteiger partial charge in [0.15, 0.2) is 0 Å². The Kier molecular flexibility index (Phi) is 10.3. The molecular weight excluding hydrogens is 512 g/mol. The molecule has 0 amide bonds. The van der Waals surface area contributed by atoms with Crippen LogP contribution in [0.5, 0.6) is 5.75 Å². The first kappa shape index (κ1) is 29.8. The van der Waals surface area contributed by atoms with Crippen LogP contribution in [0.4, 0.5) is 0 Å². The van der Waals surface area contributed by atoms with Crippen molar-refractivity contribution in [3.8, 4) is 5.75 Å². The summed E-state index contributed by atoms with van der Waals surface area (Å²) < 4.78 is 6.18. The molecule has 0 saturated heterocycles. The fraction of sp³-hybridized carbons (Fsp3) is 0.333. The van der Waals surface area contributed by atoms with Gasteiger partial charge in [-0.05, 0) is 94.6 Å². The number of likely N-dealkylation sites (N-methyl/N-ethyl adjacent to an activating group) is 2. The van der Waals surface area contributed by atoms with Crippen LogP contribution in [-0.2, 0) is 6.42 Å². The molecule has 0 N–H and O–H groups in total. The van der Waals surface area contributed by atoms with Crippen molar-refractivity contribution in [3.05, 3.63) is 125 Å². The number of nitrogens with zero attached hydrogens (tertiary/aromatic N) is 2. The summed E-state index contributed by atoms with van der Waals surface area (Å²) >= 11 is 0. The summed E-state index contributed by atoms with van der Waals surface area (Å²) in [4.78, 5) is 4.91. The average Bonchev–Trinajstić information content (AvgIpc) is 3.05. The first-order valence-corrected chi connectivity index (χ1v) is 15.8. The van der Waals surface area contributed by atoms with Gasteiger partial charge in [0.2, 0.25) is 0 Å². The summed E-state index contributed by atoms with van der Waals surface area (Å²) in [5, 5.41) is 5.22. The zero-order valence-corrected chi connectivity index (χ0v) is 25.9. The number of hydrogen-bond donors (Lipinski definition) is 0. The summed E-state index contributed by atoms with van der Waals surface area (Å²) in [7, 11) is 0. The maximum Gasteiger partial charge on any atom is 0.119 e. The quantitative estimate of drug-likeness (QED) is 0.100. The van der Waals surface area contributed by atoms with Crippen molar-refractivity contribution in [1.29, 1.82) is 0 Å². The molecule has 0 heterocycles. The van der Waals surface area contributed by atoms with Gasteiger partial charge in [0, 0.05) is 19.0 Å². The van der Waals surface area contributed by atoms with E-state index in [2.05, 4.69) is 141 Å². The number of benzene rings is 5. The van der Waals surface area contributed by atoms with E-state index in [1.165, 1.54) is 43.8 Å². The lowest BCUT2D eigenvalue weighted by atomic mass is 9.79. The van der Waals surface area contributed by atoms with Crippen LogP contribution < -0.4 is 4.74 Å². The molecule has 0 bridgehead atoms. The molecular formula is C39H46N2O. The monoisotopic (exact) mass is 558 g/mol. The predicted molar refractivity (Wildman–Crippen MR) is 180 cm³/mol. The van der Waals surface area contributed by atoms with Crippen LogP contribution >= 0.6 is 0 Å². The van der Waals surface area contributed by atoms with Crippen LogP contribution in [0.2, 0.25) is 0 Å². The SMILES string of the molecule is CCN(CC)CCOc1ccc(C(c2ccccc2CCN(CC)CC)c2cc3ccccc3c3ccccc23)cc1. The number of ether oxygens (including phenoxy) is 1. The lowest BCUT2D eigenvalue weighted by Crippen LogP contribution is -2.27. The first-order valence-electron chi connectivity index (χ1n) is 15.8. The molecule has 218 valence electrons. The summed E-state index contributed by atoms with van der Waals surface area (Å²) in [6.45, 7) is 15.9. The standard InChI is InChI=1S/C39H46N2O/c1-5-40(6-2)26-25-30-15-9-12-18-35(30)39(31-21-23-33(24-22-31)42-28-27-41(7-3)8-4)38-29-32-16-10-11-17-34(32)36-19-13-14-20-37(36)38/h9-24,29,39H,5-8,25-28H2,1-4H3. The largest absolute Gasteiger partial charge is 0.492 e. The van der Waals surface area contributed by atoms with E-state index >= 15 is 0 Å². The van der Waals surface area contributed by atoms with Crippen molar-refractivity contribution in [2.75, 3.05) is 45.9 Å². The Morgan fingerprint density at radius 2 is 1.17 bits per heavy atom. The van der Waals surface area contributed by atoms with Crippen molar-refractivity contribution in [3.63, 3.8) is 0 Å². The lowest BCUT2D eigenvalue weighted by Gasteiger charge is -2.26. The molecule has 0 aliphatic carbocycles. The summed E-state index contributed by atoms with van der Waals surface area (Å²) in [6, 6.07) is 38.1. The zero-order valence-electron chi connectivity index (χ0n) is 25.9. The van der Waals surface area contributed by atoms with E-state index in [1.54, 1.807) is 0 Å². The molecule has 5 aromatic carbocycles. The molecule has 0 aromatic heterocycles.